The highest BCUT2D eigenvalue weighted by Crippen LogP contribution is 2.25. The van der Waals surface area contributed by atoms with Crippen molar-refractivity contribution in [1.29, 1.82) is 0 Å². The minimum absolute atomic E-state index is 0.108. The molecule has 1 aromatic carbocycles. The Morgan fingerprint density at radius 1 is 1.33 bits per heavy atom. The Balaban J connectivity index is 1.80. The molecule has 1 fully saturated rings. The number of para-hydroxylation sites is 2. The van der Waals surface area contributed by atoms with Crippen molar-refractivity contribution in [2.75, 3.05) is 13.7 Å². The van der Waals surface area contributed by atoms with E-state index in [9.17, 15) is 4.79 Å². The van der Waals surface area contributed by atoms with Gasteiger partial charge in [0.05, 0.1) is 23.7 Å². The van der Waals surface area contributed by atoms with E-state index in [1.165, 1.54) is 19.3 Å². The lowest BCUT2D eigenvalue weighted by molar-refractivity contribution is -0.126. The maximum absolute atomic E-state index is 12.5. The molecule has 1 N–H and O–H groups in total. The summed E-state index contributed by atoms with van der Waals surface area (Å²) in [5, 5.41) is 3.18. The number of carbonyl (C=O) groups is 1. The van der Waals surface area contributed by atoms with E-state index in [1.54, 1.807) is 7.11 Å². The van der Waals surface area contributed by atoms with Crippen molar-refractivity contribution in [2.24, 2.45) is 5.92 Å². The summed E-state index contributed by atoms with van der Waals surface area (Å²) in [6.45, 7) is 3.37. The van der Waals surface area contributed by atoms with E-state index in [1.807, 2.05) is 25.1 Å². The third kappa shape index (κ3) is 3.61. The summed E-state index contributed by atoms with van der Waals surface area (Å²) in [6, 6.07) is 7.98. The molecule has 0 aliphatic heterocycles. The molecule has 0 bridgehead atoms. The summed E-state index contributed by atoms with van der Waals surface area (Å²) < 4.78 is 7.40. The summed E-state index contributed by atoms with van der Waals surface area (Å²) in [6.07, 6.45) is 5.61. The number of nitrogens with one attached hydrogen (secondary N) is 1. The van der Waals surface area contributed by atoms with E-state index in [2.05, 4.69) is 16.0 Å². The SMILES string of the molecule is COCCn1c([C@H](C)NC(=O)C2CCCCC2)nc2ccccc21. The number of fused-ring (bicyclic) bond motifs is 1. The molecule has 5 heteroatoms. The van der Waals surface area contributed by atoms with Crippen LogP contribution in [0.1, 0.15) is 50.9 Å². The molecule has 1 aliphatic carbocycles. The van der Waals surface area contributed by atoms with Crippen molar-refractivity contribution in [1.82, 2.24) is 14.9 Å². The second kappa shape index (κ2) is 7.79. The number of amides is 1. The van der Waals surface area contributed by atoms with E-state index >= 15 is 0 Å². The fourth-order valence-corrected chi connectivity index (χ4v) is 3.60. The van der Waals surface area contributed by atoms with E-state index in [0.717, 1.165) is 36.2 Å². The average molecular weight is 329 g/mol. The number of hydrogen-bond donors (Lipinski definition) is 1. The smallest absolute Gasteiger partial charge is 0.223 e. The quantitative estimate of drug-likeness (QED) is 0.883. The Bertz CT molecular complexity index is 689. The van der Waals surface area contributed by atoms with Crippen LogP contribution in [0.2, 0.25) is 0 Å². The third-order valence-corrected chi connectivity index (χ3v) is 4.93. The predicted octanol–water partition coefficient (Wildman–Crippen LogP) is 3.44. The van der Waals surface area contributed by atoms with Crippen LogP contribution in [0.15, 0.2) is 24.3 Å². The minimum atomic E-state index is -0.108. The minimum Gasteiger partial charge on any atom is -0.383 e. The molecular weight excluding hydrogens is 302 g/mol. The van der Waals surface area contributed by atoms with Gasteiger partial charge in [-0.15, -0.1) is 0 Å². The number of carbonyl (C=O) groups excluding carboxylic acids is 1. The zero-order chi connectivity index (χ0) is 16.9. The molecule has 0 saturated heterocycles. The number of nitrogens with zero attached hydrogens (tertiary/aromatic N) is 2. The molecule has 0 radical (unpaired) electrons. The van der Waals surface area contributed by atoms with Gasteiger partial charge in [-0.05, 0) is 31.9 Å². The van der Waals surface area contributed by atoms with Crippen LogP contribution >= 0.6 is 0 Å². The highest BCUT2D eigenvalue weighted by molar-refractivity contribution is 5.80. The largest absolute Gasteiger partial charge is 0.383 e. The van der Waals surface area contributed by atoms with Gasteiger partial charge in [-0.25, -0.2) is 4.98 Å². The van der Waals surface area contributed by atoms with E-state index in [0.29, 0.717) is 6.61 Å². The highest BCUT2D eigenvalue weighted by Gasteiger charge is 2.24. The molecular formula is C19H27N3O2. The highest BCUT2D eigenvalue weighted by atomic mass is 16.5. The molecule has 3 rings (SSSR count). The second-order valence-electron chi connectivity index (χ2n) is 6.67. The number of benzene rings is 1. The van der Waals surface area contributed by atoms with E-state index < -0.39 is 0 Å². The van der Waals surface area contributed by atoms with Gasteiger partial charge in [-0.3, -0.25) is 4.79 Å². The van der Waals surface area contributed by atoms with Crippen LogP contribution in [0.3, 0.4) is 0 Å². The number of imidazole rings is 1. The number of hydrogen-bond acceptors (Lipinski definition) is 3. The zero-order valence-corrected chi connectivity index (χ0v) is 14.6. The van der Waals surface area contributed by atoms with E-state index in [-0.39, 0.29) is 17.9 Å². The Morgan fingerprint density at radius 2 is 2.08 bits per heavy atom. The molecule has 1 aliphatic rings. The summed E-state index contributed by atoms with van der Waals surface area (Å²) in [4.78, 5) is 17.3. The fraction of sp³-hybridized carbons (Fsp3) is 0.579. The van der Waals surface area contributed by atoms with Gasteiger partial charge in [0.15, 0.2) is 0 Å². The van der Waals surface area contributed by atoms with Crippen molar-refractivity contribution >= 4 is 16.9 Å². The zero-order valence-electron chi connectivity index (χ0n) is 14.6. The van der Waals surface area contributed by atoms with Crippen LogP contribution in [0, 0.1) is 5.92 Å². The van der Waals surface area contributed by atoms with Crippen LogP contribution in [-0.2, 0) is 16.1 Å². The Morgan fingerprint density at radius 3 is 2.83 bits per heavy atom. The van der Waals surface area contributed by atoms with Crippen molar-refractivity contribution in [3.8, 4) is 0 Å². The first-order chi connectivity index (χ1) is 11.7. The molecule has 2 aromatic rings. The standard InChI is InChI=1S/C19H27N3O2/c1-14(20-19(23)15-8-4-3-5-9-15)18-21-16-10-6-7-11-17(16)22(18)12-13-24-2/h6-7,10-11,14-15H,3-5,8-9,12-13H2,1-2H3,(H,20,23)/t14-/m0/s1. The molecule has 5 nitrogen and oxygen atoms in total. The summed E-state index contributed by atoms with van der Waals surface area (Å²) in [5.41, 5.74) is 2.05. The first-order valence-corrected chi connectivity index (χ1v) is 8.95. The Labute approximate surface area is 143 Å². The predicted molar refractivity (Wildman–Crippen MR) is 94.7 cm³/mol. The van der Waals surface area contributed by atoms with Gasteiger partial charge in [0.25, 0.3) is 0 Å². The normalized spacial score (nSPS) is 17.1. The van der Waals surface area contributed by atoms with Crippen LogP contribution in [0.25, 0.3) is 11.0 Å². The summed E-state index contributed by atoms with van der Waals surface area (Å²) >= 11 is 0. The monoisotopic (exact) mass is 329 g/mol. The van der Waals surface area contributed by atoms with Crippen molar-refractivity contribution in [2.45, 2.75) is 51.6 Å². The maximum Gasteiger partial charge on any atom is 0.223 e. The molecule has 130 valence electrons. The number of aromatic nitrogens is 2. The van der Waals surface area contributed by atoms with Crippen LogP contribution < -0.4 is 5.32 Å². The van der Waals surface area contributed by atoms with Crippen LogP contribution in [0.5, 0.6) is 0 Å². The van der Waals surface area contributed by atoms with Gasteiger partial charge in [0, 0.05) is 19.6 Å². The first-order valence-electron chi connectivity index (χ1n) is 8.95. The number of rotatable bonds is 6. The average Bonchev–Trinajstić information content (AvgIpc) is 2.99. The molecule has 1 aromatic heterocycles. The van der Waals surface area contributed by atoms with Crippen LogP contribution in [-0.4, -0.2) is 29.2 Å². The van der Waals surface area contributed by atoms with Crippen molar-refractivity contribution < 1.29 is 9.53 Å². The van der Waals surface area contributed by atoms with Crippen molar-refractivity contribution in [3.05, 3.63) is 30.1 Å². The molecule has 0 unspecified atom stereocenters. The lowest BCUT2D eigenvalue weighted by Gasteiger charge is -2.23. The second-order valence-corrected chi connectivity index (χ2v) is 6.67. The topological polar surface area (TPSA) is 56.1 Å². The third-order valence-electron chi connectivity index (χ3n) is 4.93. The summed E-state index contributed by atoms with van der Waals surface area (Å²) in [7, 11) is 1.70. The van der Waals surface area contributed by atoms with E-state index in [4.69, 9.17) is 9.72 Å². The van der Waals surface area contributed by atoms with Gasteiger partial charge in [0.2, 0.25) is 5.91 Å². The number of ether oxygens (including phenoxy) is 1. The molecule has 1 amide bonds. The Hall–Kier alpha value is -1.88. The van der Waals surface area contributed by atoms with Gasteiger partial charge in [0.1, 0.15) is 5.82 Å². The lowest BCUT2D eigenvalue weighted by Crippen LogP contribution is -2.35. The first kappa shape index (κ1) is 17.0. The van der Waals surface area contributed by atoms with Gasteiger partial charge in [-0.2, -0.15) is 0 Å². The molecule has 1 atom stereocenters. The van der Waals surface area contributed by atoms with Gasteiger partial charge >= 0.3 is 0 Å². The lowest BCUT2D eigenvalue weighted by atomic mass is 9.88. The molecule has 1 heterocycles. The van der Waals surface area contributed by atoms with Gasteiger partial charge in [-0.1, -0.05) is 31.4 Å². The summed E-state index contributed by atoms with van der Waals surface area (Å²) in [5.74, 6) is 1.24. The van der Waals surface area contributed by atoms with Crippen molar-refractivity contribution in [3.63, 3.8) is 0 Å². The van der Waals surface area contributed by atoms with Gasteiger partial charge < -0.3 is 14.6 Å². The van der Waals surface area contributed by atoms with Crippen LogP contribution in [0.4, 0.5) is 0 Å². The number of methoxy groups -OCH3 is 1. The molecule has 0 spiro atoms. The fourth-order valence-electron chi connectivity index (χ4n) is 3.60. The molecule has 1 saturated carbocycles. The Kier molecular flexibility index (Phi) is 5.51. The maximum atomic E-state index is 12.5. The molecule has 24 heavy (non-hydrogen) atoms.